The number of aromatic nitrogens is 4. The predicted molar refractivity (Wildman–Crippen MR) is 64.9 cm³/mol. The van der Waals surface area contributed by atoms with Crippen molar-refractivity contribution >= 4 is 11.5 Å². The van der Waals surface area contributed by atoms with Crippen molar-refractivity contribution in [2.45, 2.75) is 19.9 Å². The molecule has 0 amide bonds. The zero-order chi connectivity index (χ0) is 12.4. The van der Waals surface area contributed by atoms with Crippen LogP contribution in [0.3, 0.4) is 0 Å². The molecular formula is C10H16N6O. The highest BCUT2D eigenvalue weighted by Gasteiger charge is 2.12. The highest BCUT2D eigenvalue weighted by molar-refractivity contribution is 5.43. The Bertz CT molecular complexity index is 557. The second-order valence-corrected chi connectivity index (χ2v) is 4.25. The van der Waals surface area contributed by atoms with Gasteiger partial charge in [-0.05, 0) is 18.1 Å². The molecule has 7 nitrogen and oxygen atoms in total. The lowest BCUT2D eigenvalue weighted by atomic mass is 10.1. The molecular weight excluding hydrogens is 220 g/mol. The summed E-state index contributed by atoms with van der Waals surface area (Å²) in [5, 5.41) is 13.5. The number of hydrogen-bond donors (Lipinski definition) is 3. The summed E-state index contributed by atoms with van der Waals surface area (Å²) >= 11 is 0. The van der Waals surface area contributed by atoms with Gasteiger partial charge in [0.2, 0.25) is 0 Å². The molecule has 0 saturated heterocycles. The smallest absolute Gasteiger partial charge is 0.364 e. The second-order valence-electron chi connectivity index (χ2n) is 4.25. The van der Waals surface area contributed by atoms with Crippen LogP contribution in [0.4, 0.5) is 5.82 Å². The molecule has 0 aromatic carbocycles. The van der Waals surface area contributed by atoms with Crippen LogP contribution in [0, 0.1) is 5.92 Å². The number of nitrogens with zero attached hydrogens (tertiary/aromatic N) is 3. The molecule has 0 aliphatic heterocycles. The molecule has 2 rings (SSSR count). The van der Waals surface area contributed by atoms with Gasteiger partial charge in [-0.2, -0.15) is 9.61 Å². The maximum atomic E-state index is 11.4. The van der Waals surface area contributed by atoms with E-state index in [2.05, 4.69) is 34.5 Å². The van der Waals surface area contributed by atoms with Gasteiger partial charge < -0.3 is 11.1 Å². The summed E-state index contributed by atoms with van der Waals surface area (Å²) < 4.78 is 1.22. The van der Waals surface area contributed by atoms with Crippen molar-refractivity contribution in [1.29, 1.82) is 0 Å². The normalized spacial score (nSPS) is 13.2. The van der Waals surface area contributed by atoms with Crippen LogP contribution in [0.1, 0.15) is 13.8 Å². The monoisotopic (exact) mass is 236 g/mol. The summed E-state index contributed by atoms with van der Waals surface area (Å²) in [4.78, 5) is 11.4. The van der Waals surface area contributed by atoms with Crippen molar-refractivity contribution in [2.75, 3.05) is 11.9 Å². The minimum atomic E-state index is -0.350. The van der Waals surface area contributed by atoms with Crippen LogP contribution in [0.5, 0.6) is 0 Å². The largest absolute Gasteiger partial charge is 0.364 e. The van der Waals surface area contributed by atoms with E-state index in [4.69, 9.17) is 5.73 Å². The van der Waals surface area contributed by atoms with E-state index in [9.17, 15) is 4.79 Å². The minimum Gasteiger partial charge on any atom is -0.364 e. The van der Waals surface area contributed by atoms with Crippen molar-refractivity contribution in [2.24, 2.45) is 11.7 Å². The van der Waals surface area contributed by atoms with Gasteiger partial charge in [0.1, 0.15) is 5.82 Å². The van der Waals surface area contributed by atoms with Crippen LogP contribution in [0.2, 0.25) is 0 Å². The van der Waals surface area contributed by atoms with Crippen molar-refractivity contribution in [1.82, 2.24) is 19.8 Å². The maximum Gasteiger partial charge on any atom is 0.364 e. The Morgan fingerprint density at radius 3 is 2.94 bits per heavy atom. The van der Waals surface area contributed by atoms with Gasteiger partial charge in [0, 0.05) is 12.6 Å². The fourth-order valence-electron chi connectivity index (χ4n) is 1.57. The van der Waals surface area contributed by atoms with Crippen LogP contribution < -0.4 is 16.7 Å². The Labute approximate surface area is 98.0 Å². The van der Waals surface area contributed by atoms with Gasteiger partial charge in [0.25, 0.3) is 0 Å². The first-order valence-electron chi connectivity index (χ1n) is 5.53. The lowest BCUT2D eigenvalue weighted by Gasteiger charge is -2.20. The molecule has 0 aliphatic carbocycles. The molecule has 2 aromatic rings. The fraction of sp³-hybridized carbons (Fsp3) is 0.500. The topological polar surface area (TPSA) is 101 Å². The first kappa shape index (κ1) is 11.6. The van der Waals surface area contributed by atoms with Crippen LogP contribution in [0.15, 0.2) is 16.9 Å². The molecule has 0 bridgehead atoms. The number of H-pyrrole nitrogens is 1. The highest BCUT2D eigenvalue weighted by Crippen LogP contribution is 2.09. The third-order valence-corrected chi connectivity index (χ3v) is 2.67. The van der Waals surface area contributed by atoms with E-state index in [0.29, 0.717) is 23.9 Å². The van der Waals surface area contributed by atoms with Crippen LogP contribution >= 0.6 is 0 Å². The predicted octanol–water partition coefficient (Wildman–Crippen LogP) is -0.187. The summed E-state index contributed by atoms with van der Waals surface area (Å²) in [6.45, 7) is 4.66. The molecule has 0 saturated carbocycles. The summed E-state index contributed by atoms with van der Waals surface area (Å²) in [5.74, 6) is 1.00. The Morgan fingerprint density at radius 1 is 1.53 bits per heavy atom. The molecule has 0 fully saturated rings. The van der Waals surface area contributed by atoms with Gasteiger partial charge in [-0.3, -0.25) is 0 Å². The molecule has 0 aliphatic rings. The van der Waals surface area contributed by atoms with Crippen molar-refractivity contribution in [3.63, 3.8) is 0 Å². The van der Waals surface area contributed by atoms with E-state index in [1.54, 1.807) is 12.1 Å². The summed E-state index contributed by atoms with van der Waals surface area (Å²) in [6.07, 6.45) is 0. The minimum absolute atomic E-state index is 0.127. The zero-order valence-corrected chi connectivity index (χ0v) is 9.84. The SMILES string of the molecule is CC(C)C(CN)Nc1ccc2n[nH]c(=O)n2n1. The molecule has 1 atom stereocenters. The third kappa shape index (κ3) is 2.28. The molecule has 2 heterocycles. The van der Waals surface area contributed by atoms with E-state index in [-0.39, 0.29) is 11.7 Å². The van der Waals surface area contributed by atoms with Crippen LogP contribution in [0.25, 0.3) is 5.65 Å². The van der Waals surface area contributed by atoms with Gasteiger partial charge in [0.15, 0.2) is 5.65 Å². The van der Waals surface area contributed by atoms with E-state index in [0.717, 1.165) is 0 Å². The Kier molecular flexibility index (Phi) is 3.10. The van der Waals surface area contributed by atoms with E-state index in [1.165, 1.54) is 4.52 Å². The van der Waals surface area contributed by atoms with Gasteiger partial charge in [-0.15, -0.1) is 5.10 Å². The lowest BCUT2D eigenvalue weighted by Crippen LogP contribution is -2.34. The molecule has 0 radical (unpaired) electrons. The summed E-state index contributed by atoms with van der Waals surface area (Å²) in [5.41, 5.74) is 5.81. The number of nitrogens with two attached hydrogens (primary N) is 1. The standard InChI is InChI=1S/C10H16N6O/c1-6(2)7(5-11)12-8-3-4-9-13-14-10(17)16(9)15-8/h3-4,6-7H,5,11H2,1-2H3,(H,12,15)(H,14,17). The van der Waals surface area contributed by atoms with Gasteiger partial charge in [0.05, 0.1) is 0 Å². The quantitative estimate of drug-likeness (QED) is 0.683. The number of rotatable bonds is 4. The van der Waals surface area contributed by atoms with Crippen LogP contribution in [-0.2, 0) is 0 Å². The van der Waals surface area contributed by atoms with Crippen molar-refractivity contribution < 1.29 is 0 Å². The Balaban J connectivity index is 2.30. The fourth-order valence-corrected chi connectivity index (χ4v) is 1.57. The Hall–Kier alpha value is -1.89. The number of anilines is 1. The third-order valence-electron chi connectivity index (χ3n) is 2.67. The average Bonchev–Trinajstić information content (AvgIpc) is 2.67. The van der Waals surface area contributed by atoms with Gasteiger partial charge in [-0.25, -0.2) is 9.89 Å². The molecule has 0 spiro atoms. The molecule has 92 valence electrons. The second kappa shape index (κ2) is 4.54. The van der Waals surface area contributed by atoms with E-state index < -0.39 is 0 Å². The van der Waals surface area contributed by atoms with Crippen molar-refractivity contribution in [3.8, 4) is 0 Å². The summed E-state index contributed by atoms with van der Waals surface area (Å²) in [7, 11) is 0. The lowest BCUT2D eigenvalue weighted by molar-refractivity contribution is 0.529. The van der Waals surface area contributed by atoms with Gasteiger partial charge >= 0.3 is 5.69 Å². The molecule has 2 aromatic heterocycles. The van der Waals surface area contributed by atoms with E-state index >= 15 is 0 Å². The number of hydrogen-bond acceptors (Lipinski definition) is 5. The first-order chi connectivity index (χ1) is 8.11. The number of aromatic amines is 1. The number of fused-ring (bicyclic) bond motifs is 1. The van der Waals surface area contributed by atoms with Gasteiger partial charge in [-0.1, -0.05) is 13.8 Å². The van der Waals surface area contributed by atoms with Crippen molar-refractivity contribution in [3.05, 3.63) is 22.6 Å². The van der Waals surface area contributed by atoms with Crippen LogP contribution in [-0.4, -0.2) is 32.4 Å². The molecule has 7 heteroatoms. The summed E-state index contributed by atoms with van der Waals surface area (Å²) in [6, 6.07) is 3.63. The number of nitrogens with one attached hydrogen (secondary N) is 2. The first-order valence-corrected chi connectivity index (χ1v) is 5.53. The average molecular weight is 236 g/mol. The molecule has 17 heavy (non-hydrogen) atoms. The van der Waals surface area contributed by atoms with E-state index in [1.807, 2.05) is 0 Å². The zero-order valence-electron chi connectivity index (χ0n) is 9.84. The molecule has 1 unspecified atom stereocenters. The molecule has 4 N–H and O–H groups in total. The Morgan fingerprint density at radius 2 is 2.29 bits per heavy atom. The maximum absolute atomic E-state index is 11.4. The highest BCUT2D eigenvalue weighted by atomic mass is 16.2.